The number of hydrogen-bond donors (Lipinski definition) is 1. The van der Waals surface area contributed by atoms with Gasteiger partial charge in [0.05, 0.1) is 0 Å². The molecule has 1 aromatic rings. The van der Waals surface area contributed by atoms with Crippen molar-refractivity contribution in [3.8, 4) is 0 Å². The summed E-state index contributed by atoms with van der Waals surface area (Å²) in [5, 5.41) is 4.10. The Hall–Kier alpha value is -0.670. The van der Waals surface area contributed by atoms with Gasteiger partial charge in [-0.25, -0.2) is 0 Å². The topological polar surface area (TPSA) is 43.1 Å². The number of carbonyl (C=O) groups is 1. The molecule has 2 unspecified atom stereocenters. The summed E-state index contributed by atoms with van der Waals surface area (Å²) in [4.78, 5) is 12.2. The monoisotopic (exact) mass is 237 g/mol. The van der Waals surface area contributed by atoms with Crippen LogP contribution in [0.25, 0.3) is 0 Å². The highest BCUT2D eigenvalue weighted by Gasteiger charge is 2.29. The second-order valence-electron chi connectivity index (χ2n) is 4.66. The van der Waals surface area contributed by atoms with Gasteiger partial charge in [-0.15, -0.1) is 0 Å². The summed E-state index contributed by atoms with van der Waals surface area (Å²) in [7, 11) is 0. The average Bonchev–Trinajstić information content (AvgIpc) is 2.81. The van der Waals surface area contributed by atoms with Gasteiger partial charge >= 0.3 is 0 Å². The maximum atomic E-state index is 12.2. The fourth-order valence-electron chi connectivity index (χ4n) is 2.64. The van der Waals surface area contributed by atoms with Crippen LogP contribution in [0.1, 0.15) is 31.2 Å². The molecule has 1 fully saturated rings. The van der Waals surface area contributed by atoms with Crippen LogP contribution >= 0.6 is 11.3 Å². The minimum Gasteiger partial charge on any atom is -0.330 e. The minimum atomic E-state index is 0.221. The van der Waals surface area contributed by atoms with Crippen molar-refractivity contribution in [1.82, 2.24) is 0 Å². The SMILES string of the molecule is NCC1CCCCC1C(=O)Cc1ccsc1. The van der Waals surface area contributed by atoms with Gasteiger partial charge in [0.25, 0.3) is 0 Å². The highest BCUT2D eigenvalue weighted by molar-refractivity contribution is 7.07. The van der Waals surface area contributed by atoms with Crippen molar-refractivity contribution in [2.45, 2.75) is 32.1 Å². The van der Waals surface area contributed by atoms with Crippen molar-refractivity contribution in [3.63, 3.8) is 0 Å². The Kier molecular flexibility index (Phi) is 4.13. The Morgan fingerprint density at radius 2 is 2.25 bits per heavy atom. The lowest BCUT2D eigenvalue weighted by Gasteiger charge is -2.29. The van der Waals surface area contributed by atoms with E-state index in [9.17, 15) is 4.79 Å². The van der Waals surface area contributed by atoms with E-state index in [1.807, 2.05) is 11.4 Å². The van der Waals surface area contributed by atoms with Crippen molar-refractivity contribution < 1.29 is 4.79 Å². The van der Waals surface area contributed by atoms with Gasteiger partial charge in [0.15, 0.2) is 0 Å². The summed E-state index contributed by atoms with van der Waals surface area (Å²) < 4.78 is 0. The molecule has 2 N–H and O–H groups in total. The Morgan fingerprint density at radius 3 is 2.94 bits per heavy atom. The van der Waals surface area contributed by atoms with Crippen LogP contribution in [0.5, 0.6) is 0 Å². The highest BCUT2D eigenvalue weighted by atomic mass is 32.1. The first-order valence-corrected chi connectivity index (χ1v) is 6.99. The lowest BCUT2D eigenvalue weighted by Crippen LogP contribution is -2.33. The van der Waals surface area contributed by atoms with Crippen LogP contribution in [-0.2, 0) is 11.2 Å². The van der Waals surface area contributed by atoms with Crippen LogP contribution in [-0.4, -0.2) is 12.3 Å². The van der Waals surface area contributed by atoms with E-state index in [4.69, 9.17) is 5.73 Å². The molecule has 1 aliphatic carbocycles. The summed E-state index contributed by atoms with van der Waals surface area (Å²) in [6.45, 7) is 0.667. The third kappa shape index (κ3) is 2.71. The second kappa shape index (κ2) is 5.60. The van der Waals surface area contributed by atoms with Crippen LogP contribution < -0.4 is 5.73 Å². The first-order valence-electron chi connectivity index (χ1n) is 6.05. The fourth-order valence-corrected chi connectivity index (χ4v) is 3.31. The van der Waals surface area contributed by atoms with Crippen molar-refractivity contribution in [1.29, 1.82) is 0 Å². The lowest BCUT2D eigenvalue weighted by molar-refractivity contribution is -0.124. The first-order chi connectivity index (χ1) is 7.81. The maximum absolute atomic E-state index is 12.2. The zero-order valence-corrected chi connectivity index (χ0v) is 10.3. The molecular formula is C13H19NOS. The fraction of sp³-hybridized carbons (Fsp3) is 0.615. The van der Waals surface area contributed by atoms with Crippen LogP contribution in [0.4, 0.5) is 0 Å². The molecule has 2 nitrogen and oxygen atoms in total. The predicted octanol–water partition coefficient (Wildman–Crippen LogP) is 2.62. The standard InChI is InChI=1S/C13H19NOS/c14-8-11-3-1-2-4-12(11)13(15)7-10-5-6-16-9-10/h5-6,9,11-12H,1-4,7-8,14H2. The molecule has 0 bridgehead atoms. The maximum Gasteiger partial charge on any atom is 0.140 e. The van der Waals surface area contributed by atoms with E-state index in [1.165, 1.54) is 12.8 Å². The quantitative estimate of drug-likeness (QED) is 0.874. The molecule has 88 valence electrons. The van der Waals surface area contributed by atoms with Crippen molar-refractivity contribution in [2.75, 3.05) is 6.54 Å². The molecular weight excluding hydrogens is 218 g/mol. The van der Waals surface area contributed by atoms with E-state index in [-0.39, 0.29) is 5.92 Å². The largest absolute Gasteiger partial charge is 0.330 e. The molecule has 0 spiro atoms. The Labute approximate surface area is 101 Å². The minimum absolute atomic E-state index is 0.221. The van der Waals surface area contributed by atoms with Crippen LogP contribution in [0.2, 0.25) is 0 Å². The number of ketones is 1. The van der Waals surface area contributed by atoms with Crippen LogP contribution in [0.3, 0.4) is 0 Å². The van der Waals surface area contributed by atoms with E-state index in [2.05, 4.69) is 5.38 Å². The molecule has 1 aliphatic rings. The molecule has 2 atom stereocenters. The number of thiophene rings is 1. The van der Waals surface area contributed by atoms with Gasteiger partial charge in [-0.3, -0.25) is 4.79 Å². The number of hydrogen-bond acceptors (Lipinski definition) is 3. The molecule has 3 heteroatoms. The van der Waals surface area contributed by atoms with Crippen LogP contribution in [0.15, 0.2) is 16.8 Å². The normalized spacial score (nSPS) is 25.6. The first kappa shape index (κ1) is 11.8. The van der Waals surface area contributed by atoms with Crippen molar-refractivity contribution >= 4 is 17.1 Å². The van der Waals surface area contributed by atoms with Gasteiger partial charge in [0.1, 0.15) is 5.78 Å². The lowest BCUT2D eigenvalue weighted by atomic mass is 9.76. The smallest absolute Gasteiger partial charge is 0.140 e. The predicted molar refractivity (Wildman–Crippen MR) is 67.5 cm³/mol. The number of Topliss-reactive ketones (excluding diaryl/α,β-unsaturated/α-hetero) is 1. The summed E-state index contributed by atoms with van der Waals surface area (Å²) in [6.07, 6.45) is 5.21. The molecule has 0 radical (unpaired) electrons. The molecule has 1 heterocycles. The summed E-state index contributed by atoms with van der Waals surface area (Å²) in [5.41, 5.74) is 6.92. The molecule has 0 aliphatic heterocycles. The Bertz CT molecular complexity index is 334. The zero-order chi connectivity index (χ0) is 11.4. The summed E-state index contributed by atoms with van der Waals surface area (Å²) >= 11 is 1.66. The van der Waals surface area contributed by atoms with Gasteiger partial charge in [-0.2, -0.15) is 11.3 Å². The van der Waals surface area contributed by atoms with Crippen molar-refractivity contribution in [3.05, 3.63) is 22.4 Å². The van der Waals surface area contributed by atoms with Crippen LogP contribution in [0, 0.1) is 11.8 Å². The zero-order valence-electron chi connectivity index (χ0n) is 9.52. The average molecular weight is 237 g/mol. The van der Waals surface area contributed by atoms with E-state index >= 15 is 0 Å². The Morgan fingerprint density at radius 1 is 1.44 bits per heavy atom. The van der Waals surface area contributed by atoms with Gasteiger partial charge in [-0.1, -0.05) is 12.8 Å². The summed E-state index contributed by atoms with van der Waals surface area (Å²) in [5.74, 6) is 1.05. The molecule has 16 heavy (non-hydrogen) atoms. The van der Waals surface area contributed by atoms with Gasteiger partial charge in [0, 0.05) is 12.3 Å². The van der Waals surface area contributed by atoms with E-state index in [0.29, 0.717) is 24.7 Å². The Balaban J connectivity index is 1.97. The molecule has 1 aromatic heterocycles. The highest BCUT2D eigenvalue weighted by Crippen LogP contribution is 2.30. The van der Waals surface area contributed by atoms with E-state index in [1.54, 1.807) is 11.3 Å². The summed E-state index contributed by atoms with van der Waals surface area (Å²) in [6, 6.07) is 2.04. The van der Waals surface area contributed by atoms with Gasteiger partial charge in [0.2, 0.25) is 0 Å². The van der Waals surface area contributed by atoms with E-state index in [0.717, 1.165) is 18.4 Å². The van der Waals surface area contributed by atoms with E-state index < -0.39 is 0 Å². The second-order valence-corrected chi connectivity index (χ2v) is 5.44. The number of carbonyl (C=O) groups excluding carboxylic acids is 1. The number of nitrogens with two attached hydrogens (primary N) is 1. The van der Waals surface area contributed by atoms with Gasteiger partial charge < -0.3 is 5.73 Å². The molecule has 1 saturated carbocycles. The van der Waals surface area contributed by atoms with Gasteiger partial charge in [-0.05, 0) is 47.7 Å². The molecule has 2 rings (SSSR count). The molecule has 0 amide bonds. The molecule has 0 saturated heterocycles. The third-order valence-corrected chi connectivity index (χ3v) is 4.32. The third-order valence-electron chi connectivity index (χ3n) is 3.58. The number of rotatable bonds is 4. The van der Waals surface area contributed by atoms with Crippen molar-refractivity contribution in [2.24, 2.45) is 17.6 Å². The molecule has 0 aromatic carbocycles.